The monoisotopic (exact) mass is 306 g/mol. The largest absolute Gasteiger partial charge is 0.404 e. The minimum atomic E-state index is -4.59. The van der Waals surface area contributed by atoms with Crippen molar-refractivity contribution < 1.29 is 18.0 Å². The summed E-state index contributed by atoms with van der Waals surface area (Å²) in [6.45, 7) is 1.46. The van der Waals surface area contributed by atoms with E-state index in [1.807, 2.05) is 0 Å². The summed E-state index contributed by atoms with van der Waals surface area (Å²) >= 11 is 5.80. The van der Waals surface area contributed by atoms with Crippen molar-refractivity contribution in [3.05, 3.63) is 28.8 Å². The zero-order valence-electron chi connectivity index (χ0n) is 10.8. The average molecular weight is 307 g/mol. The van der Waals surface area contributed by atoms with Gasteiger partial charge in [0.15, 0.2) is 5.41 Å². The molecule has 1 amide bonds. The first kappa shape index (κ1) is 15.1. The number of carbonyl (C=O) groups excluding carboxylic acids is 1. The first-order valence-electron chi connectivity index (χ1n) is 6.11. The van der Waals surface area contributed by atoms with Gasteiger partial charge in [0.2, 0.25) is 5.91 Å². The van der Waals surface area contributed by atoms with Crippen LogP contribution in [0.2, 0.25) is 5.02 Å². The lowest BCUT2D eigenvalue weighted by Crippen LogP contribution is -2.49. The number of aryl methyl sites for hydroxylation is 1. The summed E-state index contributed by atoms with van der Waals surface area (Å²) in [6, 6.07) is 4.70. The van der Waals surface area contributed by atoms with Crippen molar-refractivity contribution in [3.63, 3.8) is 0 Å². The molecular formula is C13H14ClF3N2O. The van der Waals surface area contributed by atoms with Crippen molar-refractivity contribution in [1.82, 2.24) is 5.32 Å². The van der Waals surface area contributed by atoms with Gasteiger partial charge in [0.05, 0.1) is 0 Å². The summed E-state index contributed by atoms with van der Waals surface area (Å²) < 4.78 is 39.7. The molecule has 1 aliphatic rings. The number of nitrogens with one attached hydrogen (secondary N) is 2. The third-order valence-electron chi connectivity index (χ3n) is 3.58. The van der Waals surface area contributed by atoms with Gasteiger partial charge in [-0.2, -0.15) is 13.2 Å². The van der Waals surface area contributed by atoms with Crippen LogP contribution in [0.5, 0.6) is 0 Å². The molecule has 3 nitrogen and oxygen atoms in total. The van der Waals surface area contributed by atoms with Gasteiger partial charge < -0.3 is 10.6 Å². The quantitative estimate of drug-likeness (QED) is 0.881. The molecule has 0 radical (unpaired) electrons. The number of benzene rings is 1. The molecule has 1 atom stereocenters. The summed E-state index contributed by atoms with van der Waals surface area (Å²) in [6.07, 6.45) is -4.85. The Morgan fingerprint density at radius 1 is 1.45 bits per heavy atom. The zero-order chi connectivity index (χ0) is 15.0. The van der Waals surface area contributed by atoms with Gasteiger partial charge in [-0.1, -0.05) is 17.7 Å². The highest BCUT2D eigenvalue weighted by Crippen LogP contribution is 2.44. The van der Waals surface area contributed by atoms with Crippen LogP contribution in [0, 0.1) is 12.3 Å². The van der Waals surface area contributed by atoms with Crippen molar-refractivity contribution >= 4 is 23.2 Å². The molecule has 110 valence electrons. The zero-order valence-corrected chi connectivity index (χ0v) is 11.5. The molecule has 1 aromatic rings. The van der Waals surface area contributed by atoms with Crippen LogP contribution in [0.25, 0.3) is 0 Å². The van der Waals surface area contributed by atoms with Crippen LogP contribution in [0.15, 0.2) is 18.2 Å². The number of hydrogen-bond donors (Lipinski definition) is 2. The molecule has 1 heterocycles. The standard InChI is InChI=1S/C13H14ClF3N2O/c1-8-2-3-9(14)6-10(8)19-11(20)12(13(15,16)17)4-5-18-7-12/h2-3,6,18H,4-5,7H2,1H3,(H,19,20). The fourth-order valence-corrected chi connectivity index (χ4v) is 2.40. The Hall–Kier alpha value is -1.27. The number of halogens is 4. The molecular weight excluding hydrogens is 293 g/mol. The predicted molar refractivity (Wildman–Crippen MR) is 70.8 cm³/mol. The van der Waals surface area contributed by atoms with Gasteiger partial charge in [0.1, 0.15) is 0 Å². The van der Waals surface area contributed by atoms with Gasteiger partial charge in [-0.25, -0.2) is 0 Å². The van der Waals surface area contributed by atoms with E-state index in [-0.39, 0.29) is 13.0 Å². The van der Waals surface area contributed by atoms with Crippen molar-refractivity contribution in [2.45, 2.75) is 19.5 Å². The Balaban J connectivity index is 2.28. The van der Waals surface area contributed by atoms with Crippen molar-refractivity contribution in [2.75, 3.05) is 18.4 Å². The van der Waals surface area contributed by atoms with E-state index < -0.39 is 24.0 Å². The van der Waals surface area contributed by atoms with Crippen LogP contribution in [-0.2, 0) is 4.79 Å². The highest BCUT2D eigenvalue weighted by atomic mass is 35.5. The molecule has 2 N–H and O–H groups in total. The maximum absolute atomic E-state index is 13.2. The first-order chi connectivity index (χ1) is 9.26. The minimum absolute atomic E-state index is 0.168. The maximum Gasteiger partial charge on any atom is 0.404 e. The smallest absolute Gasteiger partial charge is 0.325 e. The van der Waals surface area contributed by atoms with E-state index in [2.05, 4.69) is 10.6 Å². The van der Waals surface area contributed by atoms with Crippen LogP contribution < -0.4 is 10.6 Å². The minimum Gasteiger partial charge on any atom is -0.325 e. The molecule has 0 aromatic heterocycles. The van der Waals surface area contributed by atoms with Crippen molar-refractivity contribution in [3.8, 4) is 0 Å². The second kappa shape index (κ2) is 5.26. The third kappa shape index (κ3) is 2.62. The summed E-state index contributed by atoms with van der Waals surface area (Å²) in [5.41, 5.74) is -1.41. The fourth-order valence-electron chi connectivity index (χ4n) is 2.23. The Labute approximate surface area is 119 Å². The van der Waals surface area contributed by atoms with E-state index in [0.29, 0.717) is 16.3 Å². The van der Waals surface area contributed by atoms with Gasteiger partial charge in [-0.3, -0.25) is 4.79 Å². The number of carbonyl (C=O) groups is 1. The Morgan fingerprint density at radius 3 is 2.70 bits per heavy atom. The molecule has 20 heavy (non-hydrogen) atoms. The lowest BCUT2D eigenvalue weighted by molar-refractivity contribution is -0.213. The predicted octanol–water partition coefficient (Wildman–Crippen LogP) is 3.13. The molecule has 0 saturated carbocycles. The Morgan fingerprint density at radius 2 is 2.15 bits per heavy atom. The highest BCUT2D eigenvalue weighted by molar-refractivity contribution is 6.31. The topological polar surface area (TPSA) is 41.1 Å². The maximum atomic E-state index is 13.2. The molecule has 0 aliphatic carbocycles. The fraction of sp³-hybridized carbons (Fsp3) is 0.462. The van der Waals surface area contributed by atoms with E-state index in [1.165, 1.54) is 6.07 Å². The SMILES string of the molecule is Cc1ccc(Cl)cc1NC(=O)C1(C(F)(F)F)CCNC1. The Bertz CT molecular complexity index is 525. The number of rotatable bonds is 2. The summed E-state index contributed by atoms with van der Waals surface area (Å²) in [5, 5.41) is 5.32. The molecule has 1 saturated heterocycles. The number of hydrogen-bond acceptors (Lipinski definition) is 2. The van der Waals surface area contributed by atoms with E-state index in [0.717, 1.165) is 0 Å². The molecule has 1 aromatic carbocycles. The highest BCUT2D eigenvalue weighted by Gasteiger charge is 2.61. The van der Waals surface area contributed by atoms with Gasteiger partial charge in [0, 0.05) is 17.3 Å². The van der Waals surface area contributed by atoms with E-state index in [1.54, 1.807) is 19.1 Å². The van der Waals surface area contributed by atoms with Gasteiger partial charge >= 0.3 is 6.18 Å². The normalized spacial score (nSPS) is 22.9. The van der Waals surface area contributed by atoms with Crippen LogP contribution >= 0.6 is 11.6 Å². The second-order valence-corrected chi connectivity index (χ2v) is 5.36. The van der Waals surface area contributed by atoms with E-state index in [4.69, 9.17) is 11.6 Å². The third-order valence-corrected chi connectivity index (χ3v) is 3.82. The number of amides is 1. The molecule has 2 rings (SSSR count). The van der Waals surface area contributed by atoms with Crippen LogP contribution in [-0.4, -0.2) is 25.2 Å². The summed E-state index contributed by atoms with van der Waals surface area (Å²) in [7, 11) is 0. The molecule has 7 heteroatoms. The van der Waals surface area contributed by atoms with Crippen molar-refractivity contribution in [1.29, 1.82) is 0 Å². The molecule has 1 aliphatic heterocycles. The summed E-state index contributed by atoms with van der Waals surface area (Å²) in [4.78, 5) is 12.1. The number of anilines is 1. The van der Waals surface area contributed by atoms with E-state index >= 15 is 0 Å². The lowest BCUT2D eigenvalue weighted by atomic mass is 9.85. The molecule has 0 bridgehead atoms. The molecule has 1 unspecified atom stereocenters. The summed E-state index contributed by atoms with van der Waals surface area (Å²) in [5.74, 6) is -1.04. The number of alkyl halides is 3. The van der Waals surface area contributed by atoms with Gasteiger partial charge in [0.25, 0.3) is 0 Å². The Kier molecular flexibility index (Phi) is 3.97. The van der Waals surface area contributed by atoms with Gasteiger partial charge in [-0.15, -0.1) is 0 Å². The van der Waals surface area contributed by atoms with Crippen LogP contribution in [0.3, 0.4) is 0 Å². The van der Waals surface area contributed by atoms with Crippen LogP contribution in [0.4, 0.5) is 18.9 Å². The van der Waals surface area contributed by atoms with Crippen molar-refractivity contribution in [2.24, 2.45) is 5.41 Å². The first-order valence-corrected chi connectivity index (χ1v) is 6.49. The van der Waals surface area contributed by atoms with E-state index in [9.17, 15) is 18.0 Å². The molecule has 1 fully saturated rings. The molecule has 0 spiro atoms. The van der Waals surface area contributed by atoms with Gasteiger partial charge in [-0.05, 0) is 37.6 Å². The van der Waals surface area contributed by atoms with Crippen LogP contribution in [0.1, 0.15) is 12.0 Å². The second-order valence-electron chi connectivity index (χ2n) is 4.92. The lowest BCUT2D eigenvalue weighted by Gasteiger charge is -2.29. The average Bonchev–Trinajstić information content (AvgIpc) is 2.83.